The highest BCUT2D eigenvalue weighted by molar-refractivity contribution is 14.0. The molecule has 0 saturated carbocycles. The van der Waals surface area contributed by atoms with Crippen LogP contribution in [0.25, 0.3) is 0 Å². The van der Waals surface area contributed by atoms with Crippen molar-refractivity contribution in [3.63, 3.8) is 0 Å². The van der Waals surface area contributed by atoms with Crippen LogP contribution in [0.3, 0.4) is 0 Å². The van der Waals surface area contributed by atoms with E-state index < -0.39 is 0 Å². The SMILES string of the molecule is CN=C(NCCCN(C)c1ccccc1)N1CCN(Cc2ccon2)CC1.I. The van der Waals surface area contributed by atoms with Gasteiger partial charge in [0.05, 0.1) is 5.69 Å². The maximum Gasteiger partial charge on any atom is 0.193 e. The fourth-order valence-electron chi connectivity index (χ4n) is 3.33. The lowest BCUT2D eigenvalue weighted by molar-refractivity contribution is 0.169. The van der Waals surface area contributed by atoms with Gasteiger partial charge in [0.25, 0.3) is 0 Å². The molecule has 0 atom stereocenters. The lowest BCUT2D eigenvalue weighted by Crippen LogP contribution is -2.52. The Kier molecular flexibility index (Phi) is 9.56. The number of nitrogens with zero attached hydrogens (tertiary/aromatic N) is 5. The number of hydrogen-bond acceptors (Lipinski definition) is 5. The van der Waals surface area contributed by atoms with Gasteiger partial charge in [-0.15, -0.1) is 24.0 Å². The van der Waals surface area contributed by atoms with Gasteiger partial charge in [0.1, 0.15) is 6.26 Å². The van der Waals surface area contributed by atoms with Gasteiger partial charge in [0.2, 0.25) is 0 Å². The standard InChI is InChI=1S/C20H30N6O.HI/c1-21-20(22-10-6-11-24(2)19-7-4-3-5-8-19)26-14-12-25(13-15-26)17-18-9-16-27-23-18;/h3-5,7-9,16H,6,10-15,17H2,1-2H3,(H,21,22);1H. The molecule has 3 rings (SSSR count). The van der Waals surface area contributed by atoms with Crippen LogP contribution in [0, 0.1) is 0 Å². The molecule has 0 aliphatic carbocycles. The molecular formula is C20H31IN6O. The molecule has 1 fully saturated rings. The molecule has 154 valence electrons. The number of piperazine rings is 1. The zero-order valence-electron chi connectivity index (χ0n) is 16.8. The van der Waals surface area contributed by atoms with Gasteiger partial charge in [-0.05, 0) is 18.6 Å². The molecule has 0 spiro atoms. The van der Waals surface area contributed by atoms with Crippen LogP contribution in [0.15, 0.2) is 52.2 Å². The second kappa shape index (κ2) is 11.9. The number of anilines is 1. The number of para-hydroxylation sites is 1. The second-order valence-corrected chi connectivity index (χ2v) is 6.84. The predicted molar refractivity (Wildman–Crippen MR) is 124 cm³/mol. The highest BCUT2D eigenvalue weighted by Gasteiger charge is 2.20. The summed E-state index contributed by atoms with van der Waals surface area (Å²) in [6.45, 7) is 6.74. The quantitative estimate of drug-likeness (QED) is 0.274. The molecule has 28 heavy (non-hydrogen) atoms. The van der Waals surface area contributed by atoms with Gasteiger partial charge >= 0.3 is 0 Å². The molecule has 7 nitrogen and oxygen atoms in total. The zero-order valence-corrected chi connectivity index (χ0v) is 19.1. The number of aromatic nitrogens is 1. The summed E-state index contributed by atoms with van der Waals surface area (Å²) in [5, 5.41) is 7.51. The summed E-state index contributed by atoms with van der Waals surface area (Å²) >= 11 is 0. The molecular weight excluding hydrogens is 467 g/mol. The minimum Gasteiger partial charge on any atom is -0.375 e. The fraction of sp³-hybridized carbons (Fsp3) is 0.500. The van der Waals surface area contributed by atoms with E-state index in [0.29, 0.717) is 0 Å². The number of halogens is 1. The van der Waals surface area contributed by atoms with Crippen molar-refractivity contribution >= 4 is 35.6 Å². The maximum atomic E-state index is 4.91. The number of hydrogen-bond donors (Lipinski definition) is 1. The third-order valence-corrected chi connectivity index (χ3v) is 4.91. The van der Waals surface area contributed by atoms with Crippen molar-refractivity contribution in [3.8, 4) is 0 Å². The average molecular weight is 498 g/mol. The van der Waals surface area contributed by atoms with Crippen molar-refractivity contribution < 1.29 is 4.52 Å². The summed E-state index contributed by atoms with van der Waals surface area (Å²) in [5.74, 6) is 0.999. The van der Waals surface area contributed by atoms with Crippen molar-refractivity contribution in [2.45, 2.75) is 13.0 Å². The van der Waals surface area contributed by atoms with E-state index in [0.717, 1.165) is 63.9 Å². The first-order valence-electron chi connectivity index (χ1n) is 9.59. The maximum absolute atomic E-state index is 4.91. The van der Waals surface area contributed by atoms with Crippen molar-refractivity contribution in [1.82, 2.24) is 20.3 Å². The van der Waals surface area contributed by atoms with Gasteiger partial charge in [-0.2, -0.15) is 0 Å². The normalized spacial score (nSPS) is 15.2. The van der Waals surface area contributed by atoms with E-state index in [2.05, 4.69) is 61.5 Å². The first-order chi connectivity index (χ1) is 13.3. The van der Waals surface area contributed by atoms with Gasteiger partial charge < -0.3 is 19.6 Å². The Bertz CT molecular complexity index is 686. The highest BCUT2D eigenvalue weighted by atomic mass is 127. The monoisotopic (exact) mass is 498 g/mol. The van der Waals surface area contributed by atoms with Crippen molar-refractivity contribution in [2.24, 2.45) is 4.99 Å². The van der Waals surface area contributed by atoms with E-state index in [1.54, 1.807) is 6.26 Å². The van der Waals surface area contributed by atoms with Crippen LogP contribution in [0.5, 0.6) is 0 Å². The molecule has 1 aromatic carbocycles. The molecule has 1 aliphatic heterocycles. The number of benzene rings is 1. The van der Waals surface area contributed by atoms with Crippen LogP contribution in [0.1, 0.15) is 12.1 Å². The smallest absolute Gasteiger partial charge is 0.193 e. The number of guanidine groups is 1. The van der Waals surface area contributed by atoms with Crippen LogP contribution < -0.4 is 10.2 Å². The molecule has 0 amide bonds. The van der Waals surface area contributed by atoms with Crippen molar-refractivity contribution in [3.05, 3.63) is 48.4 Å². The molecule has 2 heterocycles. The highest BCUT2D eigenvalue weighted by Crippen LogP contribution is 2.11. The number of rotatable bonds is 7. The summed E-state index contributed by atoms with van der Waals surface area (Å²) < 4.78 is 4.91. The third kappa shape index (κ3) is 6.66. The third-order valence-electron chi connectivity index (χ3n) is 4.91. The van der Waals surface area contributed by atoms with Crippen molar-refractivity contribution in [1.29, 1.82) is 0 Å². The van der Waals surface area contributed by atoms with E-state index in [1.165, 1.54) is 5.69 Å². The van der Waals surface area contributed by atoms with Gasteiger partial charge in [-0.25, -0.2) is 0 Å². The lowest BCUT2D eigenvalue weighted by Gasteiger charge is -2.36. The van der Waals surface area contributed by atoms with E-state index in [4.69, 9.17) is 4.52 Å². The minimum atomic E-state index is 0. The summed E-state index contributed by atoms with van der Waals surface area (Å²) in [4.78, 5) is 11.5. The van der Waals surface area contributed by atoms with Gasteiger partial charge in [0, 0.05) is 71.7 Å². The second-order valence-electron chi connectivity index (χ2n) is 6.84. The Morgan fingerprint density at radius 2 is 1.93 bits per heavy atom. The summed E-state index contributed by atoms with van der Waals surface area (Å²) in [7, 11) is 4.00. The van der Waals surface area contributed by atoms with Crippen LogP contribution in [0.2, 0.25) is 0 Å². The fourth-order valence-corrected chi connectivity index (χ4v) is 3.33. The molecule has 8 heteroatoms. The molecule has 2 aromatic rings. The van der Waals surface area contributed by atoms with Crippen molar-refractivity contribution in [2.75, 3.05) is 58.3 Å². The molecule has 0 bridgehead atoms. The van der Waals surface area contributed by atoms with Crippen LogP contribution >= 0.6 is 24.0 Å². The Morgan fingerprint density at radius 1 is 1.18 bits per heavy atom. The molecule has 1 saturated heterocycles. The number of nitrogens with one attached hydrogen (secondary N) is 1. The predicted octanol–water partition coefficient (Wildman–Crippen LogP) is 2.51. The van der Waals surface area contributed by atoms with E-state index in [1.807, 2.05) is 19.2 Å². The Balaban J connectivity index is 0.00000280. The minimum absolute atomic E-state index is 0. The van der Waals surface area contributed by atoms with Gasteiger partial charge in [-0.1, -0.05) is 23.4 Å². The topological polar surface area (TPSA) is 60.1 Å². The van der Waals surface area contributed by atoms with E-state index in [9.17, 15) is 0 Å². The summed E-state index contributed by atoms with van der Waals surface area (Å²) in [5.41, 5.74) is 2.25. The van der Waals surface area contributed by atoms with Crippen LogP contribution in [-0.2, 0) is 6.54 Å². The molecule has 1 aromatic heterocycles. The van der Waals surface area contributed by atoms with E-state index >= 15 is 0 Å². The zero-order chi connectivity index (χ0) is 18.9. The Morgan fingerprint density at radius 3 is 2.57 bits per heavy atom. The first kappa shape index (κ1) is 22.5. The summed E-state index contributed by atoms with van der Waals surface area (Å²) in [6.07, 6.45) is 2.70. The lowest BCUT2D eigenvalue weighted by atomic mass is 10.3. The largest absolute Gasteiger partial charge is 0.375 e. The van der Waals surface area contributed by atoms with Gasteiger partial charge in [0.15, 0.2) is 5.96 Å². The Labute approximate surface area is 184 Å². The molecule has 1 N–H and O–H groups in total. The summed E-state index contributed by atoms with van der Waals surface area (Å²) in [6, 6.07) is 12.4. The molecule has 1 aliphatic rings. The Hall–Kier alpha value is -1.81. The average Bonchev–Trinajstić information content (AvgIpc) is 3.22. The molecule has 0 unspecified atom stereocenters. The molecule has 0 radical (unpaired) electrons. The first-order valence-corrected chi connectivity index (χ1v) is 9.59. The van der Waals surface area contributed by atoms with Crippen LogP contribution in [0.4, 0.5) is 5.69 Å². The number of aliphatic imine (C=N–C) groups is 1. The van der Waals surface area contributed by atoms with Gasteiger partial charge in [-0.3, -0.25) is 9.89 Å². The van der Waals surface area contributed by atoms with E-state index in [-0.39, 0.29) is 24.0 Å². The van der Waals surface area contributed by atoms with Crippen LogP contribution in [-0.4, -0.2) is 74.3 Å².